The topological polar surface area (TPSA) is 0 Å². The summed E-state index contributed by atoms with van der Waals surface area (Å²) in [7, 11) is 0. The summed E-state index contributed by atoms with van der Waals surface area (Å²) < 4.78 is 0. The third kappa shape index (κ3) is 2.88. The molecule has 0 heterocycles. The molecule has 16 heavy (non-hydrogen) atoms. The van der Waals surface area contributed by atoms with E-state index in [1.807, 2.05) is 48.6 Å². The van der Waals surface area contributed by atoms with Gasteiger partial charge >= 0.3 is 0 Å². The molecule has 0 aliphatic heterocycles. The molecule has 80 valence electrons. The van der Waals surface area contributed by atoms with Gasteiger partial charge in [0.25, 0.3) is 0 Å². The Morgan fingerprint density at radius 3 is 2.31 bits per heavy atom. The number of hydrogen-bond donors (Lipinski definition) is 0. The Morgan fingerprint density at radius 2 is 1.56 bits per heavy atom. The van der Waals surface area contributed by atoms with Gasteiger partial charge < -0.3 is 0 Å². The molecule has 0 fully saturated rings. The van der Waals surface area contributed by atoms with E-state index in [2.05, 4.69) is 0 Å². The molecular weight excluding hydrogens is 239 g/mol. The molecule has 0 nitrogen and oxygen atoms in total. The summed E-state index contributed by atoms with van der Waals surface area (Å²) in [6.07, 6.45) is 3.97. The van der Waals surface area contributed by atoms with Crippen molar-refractivity contribution >= 4 is 35.4 Å². The Hall–Kier alpha value is -1.24. The molecule has 0 amide bonds. The lowest BCUT2D eigenvalue weighted by atomic mass is 10.1. The fourth-order valence-electron chi connectivity index (χ4n) is 1.39. The lowest BCUT2D eigenvalue weighted by Gasteiger charge is -1.98. The van der Waals surface area contributed by atoms with Crippen LogP contribution in [-0.2, 0) is 0 Å². The standard InChI is InChI=1S/C14H10Cl2/c15-13-8-9-14(16)12(10-13)7-6-11-4-2-1-3-5-11/h1-10H/b7-6+. The first-order valence-corrected chi connectivity index (χ1v) is 5.69. The van der Waals surface area contributed by atoms with Crippen LogP contribution in [0, 0.1) is 0 Å². The predicted octanol–water partition coefficient (Wildman–Crippen LogP) is 5.16. The SMILES string of the molecule is Clc1ccc(Cl)c(/C=C/c2ccccc2)c1. The molecule has 2 aromatic rings. The number of rotatable bonds is 2. The zero-order chi connectivity index (χ0) is 11.4. The van der Waals surface area contributed by atoms with Gasteiger partial charge in [0.15, 0.2) is 0 Å². The van der Waals surface area contributed by atoms with Gasteiger partial charge in [-0.3, -0.25) is 0 Å². The molecule has 0 aliphatic rings. The highest BCUT2D eigenvalue weighted by atomic mass is 35.5. The van der Waals surface area contributed by atoms with E-state index >= 15 is 0 Å². The van der Waals surface area contributed by atoms with Crippen LogP contribution in [0.3, 0.4) is 0 Å². The zero-order valence-electron chi connectivity index (χ0n) is 8.53. The van der Waals surface area contributed by atoms with Gasteiger partial charge in [-0.25, -0.2) is 0 Å². The van der Waals surface area contributed by atoms with E-state index in [1.54, 1.807) is 12.1 Å². The van der Waals surface area contributed by atoms with Gasteiger partial charge in [-0.1, -0.05) is 65.7 Å². The van der Waals surface area contributed by atoms with E-state index in [4.69, 9.17) is 23.2 Å². The van der Waals surface area contributed by atoms with Crippen molar-refractivity contribution in [2.24, 2.45) is 0 Å². The number of hydrogen-bond acceptors (Lipinski definition) is 0. The molecule has 2 aromatic carbocycles. The first kappa shape index (κ1) is 11.3. The molecule has 0 aromatic heterocycles. The lowest BCUT2D eigenvalue weighted by Crippen LogP contribution is -1.75. The Labute approximate surface area is 105 Å². The van der Waals surface area contributed by atoms with Crippen molar-refractivity contribution in [1.29, 1.82) is 0 Å². The second-order valence-corrected chi connectivity index (χ2v) is 4.25. The highest BCUT2D eigenvalue weighted by Gasteiger charge is 1.96. The summed E-state index contributed by atoms with van der Waals surface area (Å²) in [6, 6.07) is 15.5. The minimum Gasteiger partial charge on any atom is -0.0843 e. The van der Waals surface area contributed by atoms with Gasteiger partial charge in [0, 0.05) is 10.0 Å². The molecule has 0 N–H and O–H groups in total. The summed E-state index contributed by atoms with van der Waals surface area (Å²) in [4.78, 5) is 0. The van der Waals surface area contributed by atoms with Crippen molar-refractivity contribution in [3.05, 3.63) is 69.7 Å². The summed E-state index contributed by atoms with van der Waals surface area (Å²) in [6.45, 7) is 0. The summed E-state index contributed by atoms with van der Waals surface area (Å²) in [5, 5.41) is 1.40. The molecule has 0 unspecified atom stereocenters. The van der Waals surface area contributed by atoms with Gasteiger partial charge in [-0.15, -0.1) is 0 Å². The van der Waals surface area contributed by atoms with Gasteiger partial charge in [0.2, 0.25) is 0 Å². The summed E-state index contributed by atoms with van der Waals surface area (Å²) in [5.74, 6) is 0. The summed E-state index contributed by atoms with van der Waals surface area (Å²) >= 11 is 12.0. The van der Waals surface area contributed by atoms with Crippen LogP contribution in [0.4, 0.5) is 0 Å². The van der Waals surface area contributed by atoms with Gasteiger partial charge in [0.1, 0.15) is 0 Å². The monoisotopic (exact) mass is 248 g/mol. The van der Waals surface area contributed by atoms with Crippen molar-refractivity contribution in [3.63, 3.8) is 0 Å². The summed E-state index contributed by atoms with van der Waals surface area (Å²) in [5.41, 5.74) is 2.07. The molecule has 0 saturated heterocycles. The van der Waals surface area contributed by atoms with Crippen LogP contribution in [-0.4, -0.2) is 0 Å². The van der Waals surface area contributed by atoms with E-state index in [0.29, 0.717) is 10.0 Å². The zero-order valence-corrected chi connectivity index (χ0v) is 10.0. The maximum Gasteiger partial charge on any atom is 0.0479 e. The lowest BCUT2D eigenvalue weighted by molar-refractivity contribution is 1.64. The van der Waals surface area contributed by atoms with Crippen molar-refractivity contribution in [2.75, 3.05) is 0 Å². The first-order chi connectivity index (χ1) is 7.75. The van der Waals surface area contributed by atoms with Crippen LogP contribution in [0.2, 0.25) is 10.0 Å². The average Bonchev–Trinajstić information content (AvgIpc) is 2.32. The molecule has 0 saturated carbocycles. The minimum absolute atomic E-state index is 0.692. The smallest absolute Gasteiger partial charge is 0.0479 e. The Balaban J connectivity index is 2.27. The second-order valence-electron chi connectivity index (χ2n) is 3.41. The van der Waals surface area contributed by atoms with Gasteiger partial charge in [0.05, 0.1) is 0 Å². The highest BCUT2D eigenvalue weighted by Crippen LogP contribution is 2.22. The number of halogens is 2. The van der Waals surface area contributed by atoms with Crippen molar-refractivity contribution < 1.29 is 0 Å². The van der Waals surface area contributed by atoms with Crippen LogP contribution in [0.15, 0.2) is 48.5 Å². The predicted molar refractivity (Wildman–Crippen MR) is 71.8 cm³/mol. The van der Waals surface area contributed by atoms with Crippen LogP contribution >= 0.6 is 23.2 Å². The second kappa shape index (κ2) is 5.20. The molecule has 2 rings (SSSR count). The van der Waals surface area contributed by atoms with Gasteiger partial charge in [-0.2, -0.15) is 0 Å². The van der Waals surface area contributed by atoms with E-state index in [0.717, 1.165) is 11.1 Å². The van der Waals surface area contributed by atoms with E-state index in [9.17, 15) is 0 Å². The maximum atomic E-state index is 6.05. The first-order valence-electron chi connectivity index (χ1n) is 4.94. The molecular formula is C14H10Cl2. The molecule has 2 heteroatoms. The van der Waals surface area contributed by atoms with E-state index in [-0.39, 0.29) is 0 Å². The fourth-order valence-corrected chi connectivity index (χ4v) is 1.75. The molecule has 0 atom stereocenters. The van der Waals surface area contributed by atoms with Crippen molar-refractivity contribution in [2.45, 2.75) is 0 Å². The Bertz CT molecular complexity index is 501. The third-order valence-corrected chi connectivity index (χ3v) is 2.79. The Kier molecular flexibility index (Phi) is 3.66. The minimum atomic E-state index is 0.692. The van der Waals surface area contributed by atoms with Crippen LogP contribution in [0.1, 0.15) is 11.1 Å². The molecule has 0 radical (unpaired) electrons. The van der Waals surface area contributed by atoms with Crippen LogP contribution in [0.5, 0.6) is 0 Å². The van der Waals surface area contributed by atoms with Crippen molar-refractivity contribution in [3.8, 4) is 0 Å². The van der Waals surface area contributed by atoms with Gasteiger partial charge in [-0.05, 0) is 29.3 Å². The Morgan fingerprint density at radius 1 is 0.812 bits per heavy atom. The van der Waals surface area contributed by atoms with Crippen LogP contribution < -0.4 is 0 Å². The average molecular weight is 249 g/mol. The number of benzene rings is 2. The van der Waals surface area contributed by atoms with Crippen LogP contribution in [0.25, 0.3) is 12.2 Å². The van der Waals surface area contributed by atoms with Crippen molar-refractivity contribution in [1.82, 2.24) is 0 Å². The molecule has 0 aliphatic carbocycles. The van der Waals surface area contributed by atoms with E-state index < -0.39 is 0 Å². The quantitative estimate of drug-likeness (QED) is 0.644. The highest BCUT2D eigenvalue weighted by molar-refractivity contribution is 6.34. The van der Waals surface area contributed by atoms with E-state index in [1.165, 1.54) is 0 Å². The molecule has 0 bridgehead atoms. The third-order valence-electron chi connectivity index (χ3n) is 2.21. The largest absolute Gasteiger partial charge is 0.0843 e. The maximum absolute atomic E-state index is 6.05. The normalized spacial score (nSPS) is 10.9. The fraction of sp³-hybridized carbons (Fsp3) is 0. The molecule has 0 spiro atoms.